The summed E-state index contributed by atoms with van der Waals surface area (Å²) in [6.45, 7) is 12.0. The highest BCUT2D eigenvalue weighted by atomic mass is 16.1. The number of likely N-dealkylation sites (N-methyl/N-ethyl adjacent to an activating group) is 1. The zero-order valence-electron chi connectivity index (χ0n) is 12.7. The van der Waals surface area contributed by atoms with Crippen LogP contribution in [0.1, 0.15) is 48.4 Å². The molecule has 0 amide bonds. The Bertz CT molecular complexity index is 458. The van der Waals surface area contributed by atoms with Gasteiger partial charge in [0.25, 0.3) is 0 Å². The number of carbonyl (C=O) groups is 1. The summed E-state index contributed by atoms with van der Waals surface area (Å²) >= 11 is 0. The van der Waals surface area contributed by atoms with Crippen molar-refractivity contribution in [2.24, 2.45) is 5.92 Å². The maximum atomic E-state index is 12.5. The predicted octanol–water partition coefficient (Wildman–Crippen LogP) is 3.04. The smallest absolute Gasteiger partial charge is 0.178 e. The van der Waals surface area contributed by atoms with Crippen LogP contribution in [0.25, 0.3) is 0 Å². The SMILES string of the molecule is CCN(CC(=O)c1cc(C)n(CC)c1C)CC1CC1. The molecule has 0 unspecified atom stereocenters. The van der Waals surface area contributed by atoms with Crippen molar-refractivity contribution in [2.75, 3.05) is 19.6 Å². The maximum Gasteiger partial charge on any atom is 0.178 e. The molecule has 3 nitrogen and oxygen atoms in total. The van der Waals surface area contributed by atoms with Crippen LogP contribution in [0.15, 0.2) is 6.07 Å². The van der Waals surface area contributed by atoms with Crippen LogP contribution in [0, 0.1) is 19.8 Å². The van der Waals surface area contributed by atoms with Crippen LogP contribution < -0.4 is 0 Å². The molecule has 0 aromatic carbocycles. The number of aromatic nitrogens is 1. The van der Waals surface area contributed by atoms with E-state index in [2.05, 4.69) is 37.2 Å². The molecule has 0 radical (unpaired) electrons. The molecule has 1 aromatic heterocycles. The van der Waals surface area contributed by atoms with Crippen molar-refractivity contribution in [1.29, 1.82) is 0 Å². The molecule has 0 N–H and O–H groups in total. The molecule has 1 aliphatic rings. The average Bonchev–Trinajstić information content (AvgIpc) is 3.14. The van der Waals surface area contributed by atoms with Gasteiger partial charge >= 0.3 is 0 Å². The van der Waals surface area contributed by atoms with E-state index in [0.29, 0.717) is 6.54 Å². The van der Waals surface area contributed by atoms with Gasteiger partial charge in [0, 0.05) is 30.0 Å². The number of ketones is 1. The lowest BCUT2D eigenvalue weighted by Gasteiger charge is -2.19. The van der Waals surface area contributed by atoms with E-state index in [-0.39, 0.29) is 5.78 Å². The van der Waals surface area contributed by atoms with Crippen LogP contribution in [-0.2, 0) is 6.54 Å². The predicted molar refractivity (Wildman–Crippen MR) is 78.7 cm³/mol. The topological polar surface area (TPSA) is 25.2 Å². The molecule has 3 heteroatoms. The van der Waals surface area contributed by atoms with Gasteiger partial charge in [-0.05, 0) is 52.1 Å². The van der Waals surface area contributed by atoms with Gasteiger partial charge < -0.3 is 4.57 Å². The average molecular weight is 262 g/mol. The molecule has 0 spiro atoms. The highest BCUT2D eigenvalue weighted by Gasteiger charge is 2.25. The fourth-order valence-electron chi connectivity index (χ4n) is 2.83. The van der Waals surface area contributed by atoms with E-state index < -0.39 is 0 Å². The second-order valence-corrected chi connectivity index (χ2v) is 5.72. The zero-order chi connectivity index (χ0) is 14.0. The summed E-state index contributed by atoms with van der Waals surface area (Å²) in [5.74, 6) is 1.12. The van der Waals surface area contributed by atoms with Gasteiger partial charge in [0.1, 0.15) is 0 Å². The summed E-state index contributed by atoms with van der Waals surface area (Å²) < 4.78 is 2.21. The molecule has 1 fully saturated rings. The summed E-state index contributed by atoms with van der Waals surface area (Å²) in [5.41, 5.74) is 3.22. The van der Waals surface area contributed by atoms with Crippen LogP contribution in [0.4, 0.5) is 0 Å². The third-order valence-electron chi connectivity index (χ3n) is 4.22. The van der Waals surface area contributed by atoms with Crippen LogP contribution in [0.3, 0.4) is 0 Å². The van der Waals surface area contributed by atoms with Gasteiger partial charge in [0.05, 0.1) is 6.54 Å². The number of hydrogen-bond donors (Lipinski definition) is 0. The summed E-state index contributed by atoms with van der Waals surface area (Å²) in [6.07, 6.45) is 2.68. The van der Waals surface area contributed by atoms with E-state index >= 15 is 0 Å². The lowest BCUT2D eigenvalue weighted by molar-refractivity contribution is 0.0930. The lowest BCUT2D eigenvalue weighted by atomic mass is 10.1. The monoisotopic (exact) mass is 262 g/mol. The molecular weight excluding hydrogens is 236 g/mol. The Morgan fingerprint density at radius 2 is 2.05 bits per heavy atom. The summed E-state index contributed by atoms with van der Waals surface area (Å²) in [6, 6.07) is 2.05. The van der Waals surface area contributed by atoms with E-state index in [1.807, 2.05) is 6.07 Å². The Morgan fingerprint density at radius 3 is 2.53 bits per heavy atom. The van der Waals surface area contributed by atoms with Crippen LogP contribution in [0.5, 0.6) is 0 Å². The normalized spacial score (nSPS) is 15.2. The van der Waals surface area contributed by atoms with Gasteiger partial charge in [0.2, 0.25) is 0 Å². The first-order valence-corrected chi connectivity index (χ1v) is 7.49. The number of Topliss-reactive ketones (excluding diaryl/α,β-unsaturated/α-hetero) is 1. The highest BCUT2D eigenvalue weighted by Crippen LogP contribution is 2.29. The Labute approximate surface area is 116 Å². The third kappa shape index (κ3) is 3.27. The number of aryl methyl sites for hydroxylation is 1. The molecule has 2 rings (SSSR count). The highest BCUT2D eigenvalue weighted by molar-refractivity contribution is 5.99. The van der Waals surface area contributed by atoms with Crippen LogP contribution >= 0.6 is 0 Å². The number of carbonyl (C=O) groups excluding carboxylic acids is 1. The Kier molecular flexibility index (Phi) is 4.46. The molecule has 19 heavy (non-hydrogen) atoms. The molecule has 1 aliphatic carbocycles. The first kappa shape index (κ1) is 14.3. The summed E-state index contributed by atoms with van der Waals surface area (Å²) in [4.78, 5) is 14.8. The number of hydrogen-bond acceptors (Lipinski definition) is 2. The van der Waals surface area contributed by atoms with Gasteiger partial charge in [-0.2, -0.15) is 0 Å². The first-order chi connectivity index (χ1) is 9.06. The van der Waals surface area contributed by atoms with Crippen LogP contribution in [0.2, 0.25) is 0 Å². The minimum Gasteiger partial charge on any atom is -0.349 e. The fraction of sp³-hybridized carbons (Fsp3) is 0.688. The van der Waals surface area contributed by atoms with Gasteiger partial charge in [-0.3, -0.25) is 9.69 Å². The Morgan fingerprint density at radius 1 is 1.37 bits per heavy atom. The van der Waals surface area contributed by atoms with Crippen molar-refractivity contribution < 1.29 is 4.79 Å². The summed E-state index contributed by atoms with van der Waals surface area (Å²) in [7, 11) is 0. The van der Waals surface area contributed by atoms with Crippen molar-refractivity contribution >= 4 is 5.78 Å². The Hall–Kier alpha value is -1.09. The maximum absolute atomic E-state index is 12.5. The van der Waals surface area contributed by atoms with E-state index in [4.69, 9.17) is 0 Å². The molecular formula is C16H26N2O. The molecule has 1 heterocycles. The van der Waals surface area contributed by atoms with Gasteiger partial charge in [-0.25, -0.2) is 0 Å². The fourth-order valence-corrected chi connectivity index (χ4v) is 2.83. The number of nitrogens with zero attached hydrogens (tertiary/aromatic N) is 2. The Balaban J connectivity index is 2.05. The van der Waals surface area contributed by atoms with Gasteiger partial charge in [0.15, 0.2) is 5.78 Å². The standard InChI is InChI=1S/C16H26N2O/c1-5-17(10-14-7-8-14)11-16(19)15-9-12(3)18(6-2)13(15)4/h9,14H,5-8,10-11H2,1-4H3. The number of rotatable bonds is 7. The van der Waals surface area contributed by atoms with E-state index in [1.54, 1.807) is 0 Å². The molecule has 0 bridgehead atoms. The molecule has 0 saturated heterocycles. The quantitative estimate of drug-likeness (QED) is 0.706. The van der Waals surface area contributed by atoms with Gasteiger partial charge in [-0.1, -0.05) is 6.92 Å². The van der Waals surface area contributed by atoms with Crippen molar-refractivity contribution in [2.45, 2.75) is 47.1 Å². The van der Waals surface area contributed by atoms with Crippen molar-refractivity contribution in [3.63, 3.8) is 0 Å². The van der Waals surface area contributed by atoms with E-state index in [1.165, 1.54) is 18.5 Å². The largest absolute Gasteiger partial charge is 0.349 e. The first-order valence-electron chi connectivity index (χ1n) is 7.49. The van der Waals surface area contributed by atoms with E-state index in [9.17, 15) is 4.79 Å². The molecule has 1 aromatic rings. The minimum atomic E-state index is 0.273. The van der Waals surface area contributed by atoms with Crippen molar-refractivity contribution in [3.8, 4) is 0 Å². The van der Waals surface area contributed by atoms with Crippen molar-refractivity contribution in [1.82, 2.24) is 9.47 Å². The van der Waals surface area contributed by atoms with Crippen LogP contribution in [-0.4, -0.2) is 34.9 Å². The lowest BCUT2D eigenvalue weighted by Crippen LogP contribution is -2.31. The minimum absolute atomic E-state index is 0.273. The molecule has 1 saturated carbocycles. The third-order valence-corrected chi connectivity index (χ3v) is 4.22. The van der Waals surface area contributed by atoms with Gasteiger partial charge in [-0.15, -0.1) is 0 Å². The molecule has 106 valence electrons. The van der Waals surface area contributed by atoms with E-state index in [0.717, 1.165) is 36.8 Å². The summed E-state index contributed by atoms with van der Waals surface area (Å²) in [5, 5.41) is 0. The molecule has 0 atom stereocenters. The molecule has 0 aliphatic heterocycles. The zero-order valence-corrected chi connectivity index (χ0v) is 12.7. The van der Waals surface area contributed by atoms with Crippen molar-refractivity contribution in [3.05, 3.63) is 23.0 Å². The second kappa shape index (κ2) is 5.91. The second-order valence-electron chi connectivity index (χ2n) is 5.72.